The zero-order valence-corrected chi connectivity index (χ0v) is 17.6. The molecule has 166 valence electrons. The Kier molecular flexibility index (Phi) is 7.09. The average molecular weight is 463 g/mol. The SMILES string of the molecule is Cc1[nH]cnc1COC(=O)c1ccc(C(CC(=N)C(F)(F)F)=Nc2ccccc2Cl)cc1. The van der Waals surface area contributed by atoms with Crippen molar-refractivity contribution >= 4 is 34.7 Å². The van der Waals surface area contributed by atoms with Gasteiger partial charge in [-0.15, -0.1) is 0 Å². The molecule has 1 aromatic heterocycles. The van der Waals surface area contributed by atoms with Crippen LogP contribution in [0.15, 0.2) is 59.9 Å². The lowest BCUT2D eigenvalue weighted by atomic mass is 10.0. The summed E-state index contributed by atoms with van der Waals surface area (Å²) in [5, 5.41) is 7.63. The highest BCUT2D eigenvalue weighted by molar-refractivity contribution is 6.33. The molecule has 0 saturated carbocycles. The number of nitrogens with zero attached hydrogens (tertiary/aromatic N) is 2. The van der Waals surface area contributed by atoms with Crippen LogP contribution in [0.2, 0.25) is 5.02 Å². The van der Waals surface area contributed by atoms with E-state index in [0.717, 1.165) is 5.69 Å². The van der Waals surface area contributed by atoms with E-state index in [9.17, 15) is 18.0 Å². The van der Waals surface area contributed by atoms with Crippen LogP contribution in [0.1, 0.15) is 33.7 Å². The molecule has 0 unspecified atom stereocenters. The normalized spacial score (nSPS) is 12.0. The molecule has 0 atom stereocenters. The molecule has 3 aromatic rings. The van der Waals surface area contributed by atoms with Crippen LogP contribution in [0.3, 0.4) is 0 Å². The summed E-state index contributed by atoms with van der Waals surface area (Å²) in [6.07, 6.45) is -4.04. The van der Waals surface area contributed by atoms with E-state index in [-0.39, 0.29) is 28.6 Å². The topological polar surface area (TPSA) is 91.2 Å². The Balaban J connectivity index is 1.83. The van der Waals surface area contributed by atoms with E-state index in [1.807, 2.05) is 0 Å². The molecule has 32 heavy (non-hydrogen) atoms. The standard InChI is InChI=1S/C22H18ClF3N4O2/c1-13-19(29-12-28-13)11-32-21(31)15-8-6-14(7-9-15)18(10-20(27)22(24,25)26)30-17-5-3-2-4-16(17)23/h2-9,12,27H,10-11H2,1H3,(H,28,29). The minimum Gasteiger partial charge on any atom is -0.456 e. The van der Waals surface area contributed by atoms with Gasteiger partial charge in [0.15, 0.2) is 0 Å². The van der Waals surface area contributed by atoms with Crippen molar-refractivity contribution in [2.24, 2.45) is 4.99 Å². The molecule has 0 fully saturated rings. The quantitative estimate of drug-likeness (QED) is 0.342. The molecule has 0 saturated heterocycles. The zero-order valence-electron chi connectivity index (χ0n) is 16.8. The summed E-state index contributed by atoms with van der Waals surface area (Å²) >= 11 is 6.09. The maximum Gasteiger partial charge on any atom is 0.429 e. The fraction of sp³-hybridized carbons (Fsp3) is 0.182. The summed E-state index contributed by atoms with van der Waals surface area (Å²) in [4.78, 5) is 23.5. The van der Waals surface area contributed by atoms with Gasteiger partial charge < -0.3 is 15.1 Å². The van der Waals surface area contributed by atoms with E-state index in [4.69, 9.17) is 21.7 Å². The molecule has 2 N–H and O–H groups in total. The van der Waals surface area contributed by atoms with Crippen LogP contribution in [-0.2, 0) is 11.3 Å². The van der Waals surface area contributed by atoms with Crippen LogP contribution < -0.4 is 0 Å². The third-order valence-corrected chi connectivity index (χ3v) is 4.84. The minimum atomic E-state index is -4.78. The van der Waals surface area contributed by atoms with Crippen LogP contribution in [0.5, 0.6) is 0 Å². The number of benzene rings is 2. The predicted octanol–water partition coefficient (Wildman–Crippen LogP) is 5.82. The molecule has 2 aromatic carbocycles. The molecule has 0 bridgehead atoms. The van der Waals surface area contributed by atoms with Gasteiger partial charge in [0, 0.05) is 12.1 Å². The number of aliphatic imine (C=N–C) groups is 1. The number of H-pyrrole nitrogens is 1. The number of aromatic amines is 1. The first-order chi connectivity index (χ1) is 15.1. The van der Waals surface area contributed by atoms with Crippen LogP contribution in [0.25, 0.3) is 0 Å². The maximum absolute atomic E-state index is 13.0. The molecule has 1 heterocycles. The number of carbonyl (C=O) groups is 1. The minimum absolute atomic E-state index is 0.00695. The first kappa shape index (κ1) is 23.2. The van der Waals surface area contributed by atoms with Crippen LogP contribution in [-0.4, -0.2) is 33.5 Å². The number of carbonyl (C=O) groups excluding carboxylic acids is 1. The van der Waals surface area contributed by atoms with Crippen molar-refractivity contribution in [2.75, 3.05) is 0 Å². The van der Waals surface area contributed by atoms with Gasteiger partial charge in [0.25, 0.3) is 0 Å². The smallest absolute Gasteiger partial charge is 0.429 e. The van der Waals surface area contributed by atoms with Crippen molar-refractivity contribution in [3.8, 4) is 0 Å². The number of ether oxygens (including phenoxy) is 1. The lowest BCUT2D eigenvalue weighted by Crippen LogP contribution is -2.25. The summed E-state index contributed by atoms with van der Waals surface area (Å²) in [5.41, 5.74) is 0.727. The number of hydrogen-bond donors (Lipinski definition) is 2. The number of aromatic nitrogens is 2. The molecule has 0 amide bonds. The first-order valence-electron chi connectivity index (χ1n) is 9.38. The zero-order chi connectivity index (χ0) is 23.3. The Morgan fingerprint density at radius 1 is 1.16 bits per heavy atom. The molecule has 0 aliphatic carbocycles. The number of esters is 1. The highest BCUT2D eigenvalue weighted by Crippen LogP contribution is 2.27. The predicted molar refractivity (Wildman–Crippen MR) is 115 cm³/mol. The monoisotopic (exact) mass is 462 g/mol. The van der Waals surface area contributed by atoms with Gasteiger partial charge in [-0.3, -0.25) is 4.99 Å². The number of rotatable bonds is 7. The molecule has 6 nitrogen and oxygen atoms in total. The average Bonchev–Trinajstić information content (AvgIpc) is 3.17. The number of halogens is 4. The maximum atomic E-state index is 13.0. The van der Waals surface area contributed by atoms with Gasteiger partial charge in [0.2, 0.25) is 0 Å². The molecule has 10 heteroatoms. The number of nitrogens with one attached hydrogen (secondary N) is 2. The first-order valence-corrected chi connectivity index (χ1v) is 9.76. The molecule has 3 rings (SSSR count). The molecule has 0 spiro atoms. The Morgan fingerprint density at radius 3 is 2.41 bits per heavy atom. The summed E-state index contributed by atoms with van der Waals surface area (Å²) in [6.45, 7) is 1.78. The van der Waals surface area contributed by atoms with Gasteiger partial charge in [0.05, 0.1) is 34.0 Å². The molecule has 0 aliphatic rings. The van der Waals surface area contributed by atoms with E-state index in [1.54, 1.807) is 31.2 Å². The number of imidazole rings is 1. The van der Waals surface area contributed by atoms with Gasteiger partial charge in [-0.1, -0.05) is 35.9 Å². The number of hydrogen-bond acceptors (Lipinski definition) is 5. The van der Waals surface area contributed by atoms with Gasteiger partial charge in [-0.2, -0.15) is 13.2 Å². The number of para-hydroxylation sites is 1. The Bertz CT molecular complexity index is 1150. The van der Waals surface area contributed by atoms with E-state index in [0.29, 0.717) is 11.3 Å². The van der Waals surface area contributed by atoms with Crippen molar-refractivity contribution in [3.05, 3.63) is 82.4 Å². The largest absolute Gasteiger partial charge is 0.456 e. The second-order valence-electron chi connectivity index (χ2n) is 6.79. The summed E-state index contributed by atoms with van der Waals surface area (Å²) in [5.74, 6) is -0.605. The van der Waals surface area contributed by atoms with E-state index < -0.39 is 24.3 Å². The number of aryl methyl sites for hydroxylation is 1. The van der Waals surface area contributed by atoms with Crippen molar-refractivity contribution in [3.63, 3.8) is 0 Å². The van der Waals surface area contributed by atoms with Gasteiger partial charge in [-0.25, -0.2) is 9.78 Å². The highest BCUT2D eigenvalue weighted by Gasteiger charge is 2.35. The van der Waals surface area contributed by atoms with Gasteiger partial charge >= 0.3 is 12.1 Å². The highest BCUT2D eigenvalue weighted by atomic mass is 35.5. The second-order valence-corrected chi connectivity index (χ2v) is 7.20. The summed E-state index contributed by atoms with van der Waals surface area (Å²) < 4.78 is 44.1. The fourth-order valence-corrected chi connectivity index (χ4v) is 2.89. The third-order valence-electron chi connectivity index (χ3n) is 4.52. The van der Waals surface area contributed by atoms with Crippen LogP contribution in [0.4, 0.5) is 18.9 Å². The van der Waals surface area contributed by atoms with Crippen molar-refractivity contribution < 1.29 is 22.7 Å². The second kappa shape index (κ2) is 9.78. The van der Waals surface area contributed by atoms with Crippen LogP contribution in [0, 0.1) is 12.3 Å². The molecule has 0 aliphatic heterocycles. The Labute approximate surface area is 186 Å². The molecular weight excluding hydrogens is 445 g/mol. The fourth-order valence-electron chi connectivity index (χ4n) is 2.71. The Hall–Kier alpha value is -3.46. The van der Waals surface area contributed by atoms with E-state index in [1.165, 1.54) is 30.6 Å². The summed E-state index contributed by atoms with van der Waals surface area (Å²) in [6, 6.07) is 12.2. The van der Waals surface area contributed by atoms with Gasteiger partial charge in [-0.05, 0) is 36.8 Å². The van der Waals surface area contributed by atoms with Crippen molar-refractivity contribution in [1.29, 1.82) is 5.41 Å². The van der Waals surface area contributed by atoms with Crippen molar-refractivity contribution in [1.82, 2.24) is 9.97 Å². The van der Waals surface area contributed by atoms with Crippen LogP contribution >= 0.6 is 11.6 Å². The molecular formula is C22H18ClF3N4O2. The third kappa shape index (κ3) is 5.82. The lowest BCUT2D eigenvalue weighted by Gasteiger charge is -2.12. The van der Waals surface area contributed by atoms with Gasteiger partial charge in [0.1, 0.15) is 12.3 Å². The van der Waals surface area contributed by atoms with E-state index >= 15 is 0 Å². The molecule has 0 radical (unpaired) electrons. The summed E-state index contributed by atoms with van der Waals surface area (Å²) in [7, 11) is 0. The Morgan fingerprint density at radius 2 is 1.81 bits per heavy atom. The number of alkyl halides is 3. The van der Waals surface area contributed by atoms with E-state index in [2.05, 4.69) is 15.0 Å². The lowest BCUT2D eigenvalue weighted by molar-refractivity contribution is -0.0605. The van der Waals surface area contributed by atoms with Crippen molar-refractivity contribution in [2.45, 2.75) is 26.1 Å².